The largest absolute Gasteiger partial charge is 0.353 e. The monoisotopic (exact) mass is 153 g/mol. The van der Waals surface area contributed by atoms with Crippen molar-refractivity contribution in [2.75, 3.05) is 0 Å². The summed E-state index contributed by atoms with van der Waals surface area (Å²) in [6, 6.07) is 0.328. The Morgan fingerprint density at radius 2 is 2.55 bits per heavy atom. The Labute approximate surface area is 67.7 Å². The van der Waals surface area contributed by atoms with Gasteiger partial charge in [-0.2, -0.15) is 0 Å². The molecular formula is C9H15NO. The van der Waals surface area contributed by atoms with Crippen molar-refractivity contribution in [1.82, 2.24) is 5.32 Å². The first-order chi connectivity index (χ1) is 5.24. The van der Waals surface area contributed by atoms with Crippen molar-refractivity contribution in [2.45, 2.75) is 32.2 Å². The van der Waals surface area contributed by atoms with Crippen LogP contribution in [0.1, 0.15) is 26.2 Å². The first-order valence-corrected chi connectivity index (χ1v) is 4.14. The molecule has 0 bridgehead atoms. The molecule has 0 radical (unpaired) electrons. The normalized spacial score (nSPS) is 31.2. The quantitative estimate of drug-likeness (QED) is 0.598. The maximum atomic E-state index is 10.9. The number of amides is 1. The van der Waals surface area contributed by atoms with Gasteiger partial charge in [-0.05, 0) is 18.8 Å². The molecular weight excluding hydrogens is 138 g/mol. The average molecular weight is 153 g/mol. The third-order valence-electron chi connectivity index (χ3n) is 2.28. The van der Waals surface area contributed by atoms with Crippen molar-refractivity contribution in [1.29, 1.82) is 0 Å². The minimum Gasteiger partial charge on any atom is -0.353 e. The molecule has 0 spiro atoms. The van der Waals surface area contributed by atoms with Gasteiger partial charge in [0.15, 0.2) is 0 Å². The van der Waals surface area contributed by atoms with Crippen LogP contribution in [0.2, 0.25) is 0 Å². The Balaban J connectivity index is 2.46. The van der Waals surface area contributed by atoms with E-state index in [9.17, 15) is 4.79 Å². The summed E-state index contributed by atoms with van der Waals surface area (Å²) in [5.74, 6) is 0.792. The van der Waals surface area contributed by atoms with Gasteiger partial charge in [-0.25, -0.2) is 0 Å². The molecule has 0 aromatic carbocycles. The molecule has 1 rings (SSSR count). The molecule has 11 heavy (non-hydrogen) atoms. The third-order valence-corrected chi connectivity index (χ3v) is 2.28. The van der Waals surface area contributed by atoms with E-state index in [1.54, 1.807) is 0 Å². The van der Waals surface area contributed by atoms with E-state index in [4.69, 9.17) is 0 Å². The van der Waals surface area contributed by atoms with Gasteiger partial charge in [0.05, 0.1) is 0 Å². The highest BCUT2D eigenvalue weighted by Crippen LogP contribution is 2.18. The zero-order valence-corrected chi connectivity index (χ0v) is 6.97. The highest BCUT2D eigenvalue weighted by atomic mass is 16.1. The van der Waals surface area contributed by atoms with E-state index in [-0.39, 0.29) is 5.91 Å². The van der Waals surface area contributed by atoms with Crippen LogP contribution in [-0.2, 0) is 4.79 Å². The summed E-state index contributed by atoms with van der Waals surface area (Å²) >= 11 is 0. The lowest BCUT2D eigenvalue weighted by Crippen LogP contribution is -2.43. The number of carbonyl (C=O) groups is 1. The lowest BCUT2D eigenvalue weighted by Gasteiger charge is -2.28. The first-order valence-electron chi connectivity index (χ1n) is 4.14. The summed E-state index contributed by atoms with van der Waals surface area (Å²) in [5, 5.41) is 2.96. The zero-order chi connectivity index (χ0) is 8.27. The van der Waals surface area contributed by atoms with Crippen LogP contribution >= 0.6 is 0 Å². The van der Waals surface area contributed by atoms with Crippen molar-refractivity contribution < 1.29 is 4.79 Å². The van der Waals surface area contributed by atoms with E-state index < -0.39 is 0 Å². The van der Waals surface area contributed by atoms with Gasteiger partial charge < -0.3 is 5.32 Å². The lowest BCUT2D eigenvalue weighted by molar-refractivity contribution is -0.124. The fraction of sp³-hybridized carbons (Fsp3) is 0.667. The fourth-order valence-corrected chi connectivity index (χ4v) is 1.45. The molecule has 62 valence electrons. The van der Waals surface area contributed by atoms with Crippen LogP contribution in [0.3, 0.4) is 0 Å². The fourth-order valence-electron chi connectivity index (χ4n) is 1.45. The predicted octanol–water partition coefficient (Wildman–Crippen LogP) is 1.48. The van der Waals surface area contributed by atoms with Gasteiger partial charge in [-0.3, -0.25) is 4.79 Å². The number of hydrogen-bond acceptors (Lipinski definition) is 1. The summed E-state index contributed by atoms with van der Waals surface area (Å²) in [4.78, 5) is 10.9. The van der Waals surface area contributed by atoms with E-state index in [0.29, 0.717) is 18.4 Å². The molecule has 2 nitrogen and oxygen atoms in total. The molecule has 0 aromatic rings. The van der Waals surface area contributed by atoms with Crippen LogP contribution in [0, 0.1) is 5.92 Å². The zero-order valence-electron chi connectivity index (χ0n) is 6.97. The molecule has 0 unspecified atom stereocenters. The van der Waals surface area contributed by atoms with Crippen molar-refractivity contribution in [3.63, 3.8) is 0 Å². The molecule has 1 fully saturated rings. The molecule has 0 aromatic heterocycles. The van der Waals surface area contributed by atoms with Crippen molar-refractivity contribution in [3.05, 3.63) is 12.7 Å². The average Bonchev–Trinajstić information content (AvgIpc) is 1.98. The van der Waals surface area contributed by atoms with Crippen LogP contribution < -0.4 is 5.32 Å². The number of carbonyl (C=O) groups excluding carboxylic acids is 1. The van der Waals surface area contributed by atoms with Crippen LogP contribution in [0.5, 0.6) is 0 Å². The minimum absolute atomic E-state index is 0.190. The smallest absolute Gasteiger partial charge is 0.220 e. The summed E-state index contributed by atoms with van der Waals surface area (Å²) in [7, 11) is 0. The molecule has 0 saturated carbocycles. The molecule has 1 amide bonds. The van der Waals surface area contributed by atoms with Gasteiger partial charge >= 0.3 is 0 Å². The van der Waals surface area contributed by atoms with Crippen molar-refractivity contribution in [2.24, 2.45) is 5.92 Å². The Hall–Kier alpha value is -0.790. The second-order valence-corrected chi connectivity index (χ2v) is 3.21. The molecule has 2 heteroatoms. The Morgan fingerprint density at radius 1 is 1.82 bits per heavy atom. The Kier molecular flexibility index (Phi) is 2.69. The topological polar surface area (TPSA) is 29.1 Å². The van der Waals surface area contributed by atoms with Gasteiger partial charge in [0.2, 0.25) is 5.91 Å². The third kappa shape index (κ3) is 2.07. The van der Waals surface area contributed by atoms with Crippen LogP contribution in [0.25, 0.3) is 0 Å². The van der Waals surface area contributed by atoms with Crippen LogP contribution in [0.4, 0.5) is 0 Å². The van der Waals surface area contributed by atoms with E-state index in [1.165, 1.54) is 0 Å². The minimum atomic E-state index is 0.190. The molecule has 2 atom stereocenters. The molecule has 0 aliphatic carbocycles. The van der Waals surface area contributed by atoms with Gasteiger partial charge in [-0.1, -0.05) is 13.0 Å². The predicted molar refractivity (Wildman–Crippen MR) is 45.1 cm³/mol. The highest BCUT2D eigenvalue weighted by Gasteiger charge is 2.23. The van der Waals surface area contributed by atoms with Crippen LogP contribution in [0.15, 0.2) is 12.7 Å². The second-order valence-electron chi connectivity index (χ2n) is 3.21. The number of nitrogens with one attached hydrogen (secondary N) is 1. The van der Waals surface area contributed by atoms with Gasteiger partial charge in [-0.15, -0.1) is 6.58 Å². The van der Waals surface area contributed by atoms with Crippen molar-refractivity contribution in [3.8, 4) is 0 Å². The van der Waals surface area contributed by atoms with Crippen molar-refractivity contribution >= 4 is 5.91 Å². The van der Waals surface area contributed by atoms with E-state index in [0.717, 1.165) is 12.8 Å². The van der Waals surface area contributed by atoms with Gasteiger partial charge in [0.25, 0.3) is 0 Å². The van der Waals surface area contributed by atoms with E-state index in [1.807, 2.05) is 6.08 Å². The molecule has 1 aliphatic heterocycles. The molecule has 1 saturated heterocycles. The SMILES string of the molecule is C=CC[C@@H]1NC(=O)CC[C@H]1C. The second kappa shape index (κ2) is 3.56. The van der Waals surface area contributed by atoms with Crippen LogP contribution in [-0.4, -0.2) is 11.9 Å². The highest BCUT2D eigenvalue weighted by molar-refractivity contribution is 5.77. The number of hydrogen-bond donors (Lipinski definition) is 1. The standard InChI is InChI=1S/C9H15NO/c1-3-4-8-7(2)5-6-9(11)10-8/h3,7-8H,1,4-6H2,2H3,(H,10,11)/t7-,8+/m1/s1. The molecule has 1 heterocycles. The van der Waals surface area contributed by atoms with E-state index in [2.05, 4.69) is 18.8 Å². The maximum absolute atomic E-state index is 10.9. The maximum Gasteiger partial charge on any atom is 0.220 e. The summed E-state index contributed by atoms with van der Waals surface area (Å²) in [5.41, 5.74) is 0. The summed E-state index contributed by atoms with van der Waals surface area (Å²) in [6.45, 7) is 5.84. The summed E-state index contributed by atoms with van der Waals surface area (Å²) in [6.07, 6.45) is 4.47. The molecule has 1 N–H and O–H groups in total. The lowest BCUT2D eigenvalue weighted by atomic mass is 9.90. The number of piperidine rings is 1. The molecule has 1 aliphatic rings. The number of rotatable bonds is 2. The van der Waals surface area contributed by atoms with E-state index >= 15 is 0 Å². The summed E-state index contributed by atoms with van der Waals surface area (Å²) < 4.78 is 0. The van der Waals surface area contributed by atoms with Gasteiger partial charge in [0.1, 0.15) is 0 Å². The Bertz CT molecular complexity index is 165. The Morgan fingerprint density at radius 3 is 3.18 bits per heavy atom. The van der Waals surface area contributed by atoms with Gasteiger partial charge in [0, 0.05) is 12.5 Å². The first kappa shape index (κ1) is 8.31.